The number of anilines is 1. The second kappa shape index (κ2) is 5.04. The van der Waals surface area contributed by atoms with E-state index in [4.69, 9.17) is 0 Å². The first-order valence-corrected chi connectivity index (χ1v) is 9.02. The van der Waals surface area contributed by atoms with Crippen LogP contribution in [-0.2, 0) is 9.84 Å². The van der Waals surface area contributed by atoms with Gasteiger partial charge in [0.15, 0.2) is 9.84 Å². The Balaban J connectivity index is 1.90. The Labute approximate surface area is 120 Å². The summed E-state index contributed by atoms with van der Waals surface area (Å²) in [7, 11) is -2.87. The van der Waals surface area contributed by atoms with Crippen molar-refractivity contribution in [2.75, 3.05) is 42.6 Å². The molecule has 2 aliphatic heterocycles. The van der Waals surface area contributed by atoms with Gasteiger partial charge in [0.1, 0.15) is 0 Å². The van der Waals surface area contributed by atoms with Crippen LogP contribution in [0.2, 0.25) is 0 Å². The molecule has 1 aromatic rings. The molecule has 2 fully saturated rings. The summed E-state index contributed by atoms with van der Waals surface area (Å²) < 4.78 is 25.3. The minimum absolute atomic E-state index is 0.00960. The highest BCUT2D eigenvalue weighted by Gasteiger charge is 2.32. The van der Waals surface area contributed by atoms with Crippen LogP contribution in [0, 0.1) is 13.8 Å². The van der Waals surface area contributed by atoms with Crippen LogP contribution in [0.25, 0.3) is 0 Å². The van der Waals surface area contributed by atoms with E-state index < -0.39 is 9.84 Å². The van der Waals surface area contributed by atoms with Crippen molar-refractivity contribution in [3.63, 3.8) is 0 Å². The molecule has 1 aromatic heterocycles. The number of nitrogens with one attached hydrogen (secondary N) is 1. The fraction of sp³-hybridized carbons (Fsp3) is 0.769. The maximum absolute atomic E-state index is 11.7. The number of hydrogen-bond acceptors (Lipinski definition) is 5. The molecular formula is C13H22N4O2S. The van der Waals surface area contributed by atoms with E-state index in [0.29, 0.717) is 12.2 Å². The maximum Gasteiger partial charge on any atom is 0.152 e. The lowest BCUT2D eigenvalue weighted by Crippen LogP contribution is -2.44. The van der Waals surface area contributed by atoms with Crippen molar-refractivity contribution < 1.29 is 8.42 Å². The Hall–Kier alpha value is -1.08. The molecule has 2 aliphatic rings. The van der Waals surface area contributed by atoms with Crippen LogP contribution in [-0.4, -0.2) is 55.9 Å². The molecule has 0 aliphatic carbocycles. The quantitative estimate of drug-likeness (QED) is 0.849. The van der Waals surface area contributed by atoms with Gasteiger partial charge in [-0.3, -0.25) is 4.68 Å². The van der Waals surface area contributed by atoms with Crippen LogP contribution >= 0.6 is 0 Å². The molecule has 7 heteroatoms. The van der Waals surface area contributed by atoms with Crippen LogP contribution in [0.1, 0.15) is 23.9 Å². The van der Waals surface area contributed by atoms with Crippen molar-refractivity contribution in [3.05, 3.63) is 11.4 Å². The third-order valence-electron chi connectivity index (χ3n) is 4.27. The molecule has 3 heterocycles. The van der Waals surface area contributed by atoms with Gasteiger partial charge in [-0.05, 0) is 20.3 Å². The van der Waals surface area contributed by atoms with Crippen LogP contribution in [0.3, 0.4) is 0 Å². The summed E-state index contributed by atoms with van der Waals surface area (Å²) in [6.07, 6.45) is 0.686. The Morgan fingerprint density at radius 1 is 1.25 bits per heavy atom. The Kier molecular flexibility index (Phi) is 3.50. The molecule has 1 unspecified atom stereocenters. The lowest BCUT2D eigenvalue weighted by Gasteiger charge is -2.29. The normalized spacial score (nSPS) is 26.1. The molecule has 2 saturated heterocycles. The summed E-state index contributed by atoms with van der Waals surface area (Å²) in [5, 5.41) is 7.97. The third-order valence-corrected chi connectivity index (χ3v) is 6.02. The predicted molar refractivity (Wildman–Crippen MR) is 79.1 cm³/mol. The van der Waals surface area contributed by atoms with Gasteiger partial charge in [-0.1, -0.05) is 0 Å². The monoisotopic (exact) mass is 298 g/mol. The van der Waals surface area contributed by atoms with E-state index in [2.05, 4.69) is 22.2 Å². The summed E-state index contributed by atoms with van der Waals surface area (Å²) in [5.74, 6) is 0.523. The topological polar surface area (TPSA) is 67.2 Å². The van der Waals surface area contributed by atoms with E-state index in [1.165, 1.54) is 5.69 Å². The number of aromatic nitrogens is 2. The zero-order valence-electron chi connectivity index (χ0n) is 12.1. The van der Waals surface area contributed by atoms with E-state index in [1.807, 2.05) is 11.6 Å². The van der Waals surface area contributed by atoms with Gasteiger partial charge in [0.25, 0.3) is 0 Å². The van der Waals surface area contributed by atoms with Gasteiger partial charge in [0, 0.05) is 26.2 Å². The largest absolute Gasteiger partial charge is 0.366 e. The van der Waals surface area contributed by atoms with E-state index in [-0.39, 0.29) is 11.8 Å². The lowest BCUT2D eigenvalue weighted by atomic mass is 10.2. The highest BCUT2D eigenvalue weighted by atomic mass is 32.2. The van der Waals surface area contributed by atoms with Gasteiger partial charge in [-0.15, -0.1) is 0 Å². The van der Waals surface area contributed by atoms with E-state index in [0.717, 1.165) is 37.6 Å². The van der Waals surface area contributed by atoms with Gasteiger partial charge < -0.3 is 10.2 Å². The number of piperazine rings is 1. The highest BCUT2D eigenvalue weighted by Crippen LogP contribution is 2.31. The van der Waals surface area contributed by atoms with Gasteiger partial charge in [-0.2, -0.15) is 5.10 Å². The molecule has 6 nitrogen and oxygen atoms in total. The van der Waals surface area contributed by atoms with Crippen LogP contribution in [0.4, 0.5) is 5.69 Å². The second-order valence-corrected chi connectivity index (χ2v) is 7.99. The van der Waals surface area contributed by atoms with Crippen LogP contribution in [0.5, 0.6) is 0 Å². The van der Waals surface area contributed by atoms with Crippen LogP contribution in [0.15, 0.2) is 0 Å². The maximum atomic E-state index is 11.7. The first kappa shape index (κ1) is 13.9. The molecule has 0 amide bonds. The highest BCUT2D eigenvalue weighted by molar-refractivity contribution is 7.91. The Morgan fingerprint density at radius 2 is 1.95 bits per heavy atom. The van der Waals surface area contributed by atoms with Gasteiger partial charge in [-0.25, -0.2) is 8.42 Å². The van der Waals surface area contributed by atoms with E-state index in [1.54, 1.807) is 0 Å². The molecule has 0 saturated carbocycles. The molecule has 1 atom stereocenters. The van der Waals surface area contributed by atoms with Gasteiger partial charge in [0.05, 0.1) is 34.6 Å². The van der Waals surface area contributed by atoms with Crippen molar-refractivity contribution in [1.29, 1.82) is 0 Å². The van der Waals surface area contributed by atoms with Crippen molar-refractivity contribution in [2.45, 2.75) is 26.3 Å². The SMILES string of the molecule is Cc1nn(C2CCS(=O)(=O)C2)c(C)c1N1CCNCC1. The van der Waals surface area contributed by atoms with Crippen molar-refractivity contribution in [2.24, 2.45) is 0 Å². The summed E-state index contributed by atoms with van der Waals surface area (Å²) >= 11 is 0. The predicted octanol–water partition coefficient (Wildman–Crippen LogP) is 0.269. The standard InChI is InChI=1S/C13H22N4O2S/c1-10-13(16-6-4-14-5-7-16)11(2)17(15-10)12-3-8-20(18,19)9-12/h12,14H,3-9H2,1-2H3. The molecule has 0 spiro atoms. The number of sulfone groups is 1. The van der Waals surface area contributed by atoms with Crippen LogP contribution < -0.4 is 10.2 Å². The van der Waals surface area contributed by atoms with E-state index >= 15 is 0 Å². The number of nitrogens with zero attached hydrogens (tertiary/aromatic N) is 3. The molecule has 20 heavy (non-hydrogen) atoms. The Morgan fingerprint density at radius 3 is 2.55 bits per heavy atom. The Bertz CT molecular complexity index is 602. The number of rotatable bonds is 2. The zero-order valence-corrected chi connectivity index (χ0v) is 12.9. The molecule has 3 rings (SSSR count). The fourth-order valence-electron chi connectivity index (χ4n) is 3.32. The summed E-state index contributed by atoms with van der Waals surface area (Å²) in [6, 6.07) is 0.00960. The first-order valence-electron chi connectivity index (χ1n) is 7.20. The molecule has 0 aromatic carbocycles. The minimum Gasteiger partial charge on any atom is -0.366 e. The summed E-state index contributed by atoms with van der Waals surface area (Å²) in [5.41, 5.74) is 3.30. The van der Waals surface area contributed by atoms with E-state index in [9.17, 15) is 8.42 Å². The molecule has 0 radical (unpaired) electrons. The fourth-order valence-corrected chi connectivity index (χ4v) is 5.02. The summed E-state index contributed by atoms with van der Waals surface area (Å²) in [4.78, 5) is 2.36. The molecule has 0 bridgehead atoms. The lowest BCUT2D eigenvalue weighted by molar-refractivity contribution is 0.485. The van der Waals surface area contributed by atoms with Crippen molar-refractivity contribution in [1.82, 2.24) is 15.1 Å². The zero-order chi connectivity index (χ0) is 14.3. The van der Waals surface area contributed by atoms with Gasteiger partial charge >= 0.3 is 0 Å². The smallest absolute Gasteiger partial charge is 0.152 e. The second-order valence-electron chi connectivity index (χ2n) is 5.76. The molecule has 112 valence electrons. The number of hydrogen-bond donors (Lipinski definition) is 1. The number of aryl methyl sites for hydroxylation is 1. The van der Waals surface area contributed by atoms with Crippen molar-refractivity contribution >= 4 is 15.5 Å². The van der Waals surface area contributed by atoms with Crippen molar-refractivity contribution in [3.8, 4) is 0 Å². The molecular weight excluding hydrogens is 276 g/mol. The summed E-state index contributed by atoms with van der Waals surface area (Å²) in [6.45, 7) is 8.02. The minimum atomic E-state index is -2.87. The molecule has 1 N–H and O–H groups in total. The van der Waals surface area contributed by atoms with Gasteiger partial charge in [0.2, 0.25) is 0 Å². The third kappa shape index (κ3) is 2.44. The average Bonchev–Trinajstić information content (AvgIpc) is 2.90. The first-order chi connectivity index (χ1) is 9.48. The average molecular weight is 298 g/mol.